The van der Waals surface area contributed by atoms with Crippen LogP contribution in [0, 0.1) is 14.9 Å². The Morgan fingerprint density at radius 2 is 2.00 bits per heavy atom. The molecule has 0 saturated carbocycles. The van der Waals surface area contributed by atoms with E-state index in [4.69, 9.17) is 4.99 Å². The molecule has 0 saturated heterocycles. The van der Waals surface area contributed by atoms with E-state index in [0.29, 0.717) is 22.0 Å². The van der Waals surface area contributed by atoms with Crippen molar-refractivity contribution in [1.29, 1.82) is 0 Å². The largest absolute Gasteiger partial charge is 0.506 e. The minimum atomic E-state index is -0.131. The van der Waals surface area contributed by atoms with Gasteiger partial charge in [-0.25, -0.2) is 4.99 Å². The van der Waals surface area contributed by atoms with Crippen molar-refractivity contribution in [1.82, 2.24) is 0 Å². The van der Waals surface area contributed by atoms with Crippen molar-refractivity contribution in [2.45, 2.75) is 40.0 Å². The number of nitrogens with one attached hydrogen (secondary N) is 1. The van der Waals surface area contributed by atoms with Crippen LogP contribution in [0.2, 0.25) is 0 Å². The Bertz CT molecular complexity index is 1220. The summed E-state index contributed by atoms with van der Waals surface area (Å²) in [5.74, 6) is 0.626. The minimum Gasteiger partial charge on any atom is -0.506 e. The van der Waals surface area contributed by atoms with Gasteiger partial charge in [-0.1, -0.05) is 54.9 Å². The Morgan fingerprint density at radius 1 is 1.27 bits per heavy atom. The molecule has 2 aromatic carbocycles. The highest BCUT2D eigenvalue weighted by atomic mass is 127. The number of fused-ring (bicyclic) bond motifs is 1. The Morgan fingerprint density at radius 3 is 2.70 bits per heavy atom. The number of rotatable bonds is 4. The van der Waals surface area contributed by atoms with Crippen molar-refractivity contribution in [2.75, 3.05) is 5.32 Å². The fraction of sp³-hybridized carbons (Fsp3) is 0.308. The van der Waals surface area contributed by atoms with Gasteiger partial charge in [0.25, 0.3) is 5.91 Å². The lowest BCUT2D eigenvalue weighted by atomic mass is 9.72. The van der Waals surface area contributed by atoms with Crippen LogP contribution in [0.25, 0.3) is 0 Å². The van der Waals surface area contributed by atoms with E-state index in [2.05, 4.69) is 64.6 Å². The fourth-order valence-corrected chi connectivity index (χ4v) is 6.98. The number of phenols is 1. The summed E-state index contributed by atoms with van der Waals surface area (Å²) in [7, 11) is 0. The van der Waals surface area contributed by atoms with Gasteiger partial charge in [0.1, 0.15) is 10.8 Å². The van der Waals surface area contributed by atoms with Crippen molar-refractivity contribution in [3.05, 3.63) is 72.1 Å². The zero-order valence-electron chi connectivity index (χ0n) is 18.8. The van der Waals surface area contributed by atoms with Crippen LogP contribution in [0.4, 0.5) is 10.7 Å². The molecule has 4 nitrogen and oxygen atoms in total. The number of aromatic hydroxyl groups is 1. The fourth-order valence-electron chi connectivity index (χ4n) is 4.16. The molecule has 0 radical (unpaired) electrons. The molecule has 0 unspecified atom stereocenters. The normalized spacial score (nSPS) is 16.1. The third kappa shape index (κ3) is 5.52. The highest BCUT2D eigenvalue weighted by Gasteiger charge is 2.33. The predicted octanol–water partition coefficient (Wildman–Crippen LogP) is 7.97. The number of nitrogens with zero attached hydrogens (tertiary/aromatic N) is 1. The summed E-state index contributed by atoms with van der Waals surface area (Å²) in [6.45, 7) is 6.86. The number of halogens is 2. The number of aliphatic imine (C=N–C) groups is 1. The van der Waals surface area contributed by atoms with E-state index in [1.165, 1.54) is 4.88 Å². The molecule has 172 valence electrons. The molecule has 4 rings (SSSR count). The summed E-state index contributed by atoms with van der Waals surface area (Å²) in [4.78, 5) is 19.4. The van der Waals surface area contributed by atoms with Crippen LogP contribution in [0.15, 0.2) is 51.9 Å². The molecule has 1 atom stereocenters. The second-order valence-electron chi connectivity index (χ2n) is 9.39. The van der Waals surface area contributed by atoms with Crippen LogP contribution in [-0.2, 0) is 12.8 Å². The molecule has 1 aliphatic rings. The lowest BCUT2D eigenvalue weighted by Gasteiger charge is -2.33. The second-order valence-corrected chi connectivity index (χ2v) is 12.6. The Kier molecular flexibility index (Phi) is 7.31. The standard InChI is InChI=1S/C26H26BrIN2O2S/c1-26(2,3)16-9-10-19-21(12-16)33-25(22(19)24(32)30-18-7-5-4-6-8-18)29-14-15-11-17(27)13-20(28)23(15)31/h4-8,11,13-14,16,31H,9-10,12H2,1-3H3,(H,30,32)/t16-/m0/s1. The SMILES string of the molecule is CC(C)(C)[C@H]1CCc2c(sc(N=Cc3cc(Br)cc(I)c3O)c2C(=O)Nc2ccccc2)C1. The van der Waals surface area contributed by atoms with Gasteiger partial charge >= 0.3 is 0 Å². The number of carbonyl (C=O) groups is 1. The van der Waals surface area contributed by atoms with Crippen LogP contribution in [-0.4, -0.2) is 17.2 Å². The zero-order chi connectivity index (χ0) is 23.8. The van der Waals surface area contributed by atoms with Crippen molar-refractivity contribution in [2.24, 2.45) is 16.3 Å². The van der Waals surface area contributed by atoms with E-state index in [1.54, 1.807) is 17.6 Å². The van der Waals surface area contributed by atoms with Gasteiger partial charge < -0.3 is 10.4 Å². The first-order valence-corrected chi connectivity index (χ1v) is 13.6. The number of para-hydroxylation sites is 1. The number of hydrogen-bond donors (Lipinski definition) is 2. The van der Waals surface area contributed by atoms with Gasteiger partial charge in [-0.15, -0.1) is 11.3 Å². The molecule has 0 spiro atoms. The first kappa shape index (κ1) is 24.4. The topological polar surface area (TPSA) is 61.7 Å². The van der Waals surface area contributed by atoms with Crippen molar-refractivity contribution in [3.63, 3.8) is 0 Å². The summed E-state index contributed by atoms with van der Waals surface area (Å²) < 4.78 is 1.61. The van der Waals surface area contributed by atoms with Gasteiger partial charge in [-0.05, 0) is 83.0 Å². The van der Waals surface area contributed by atoms with Crippen LogP contribution in [0.5, 0.6) is 5.75 Å². The van der Waals surface area contributed by atoms with Gasteiger partial charge in [0.2, 0.25) is 0 Å². The molecular formula is C26H26BrIN2O2S. The number of thiophene rings is 1. The maximum absolute atomic E-state index is 13.4. The number of phenolic OH excluding ortho intramolecular Hbond substituents is 1. The maximum atomic E-state index is 13.4. The molecule has 0 bridgehead atoms. The van der Waals surface area contributed by atoms with Gasteiger partial charge in [-0.2, -0.15) is 0 Å². The van der Waals surface area contributed by atoms with Crippen molar-refractivity contribution >= 4 is 72.7 Å². The molecule has 2 N–H and O–H groups in total. The van der Waals surface area contributed by atoms with Crippen LogP contribution in [0.1, 0.15) is 53.6 Å². The molecule has 1 heterocycles. The Balaban J connectivity index is 1.74. The third-order valence-corrected chi connectivity index (χ3v) is 8.55. The molecule has 3 aromatic rings. The zero-order valence-corrected chi connectivity index (χ0v) is 23.3. The number of anilines is 1. The van der Waals surface area contributed by atoms with E-state index < -0.39 is 0 Å². The lowest BCUT2D eigenvalue weighted by Crippen LogP contribution is -2.27. The molecule has 1 amide bonds. The van der Waals surface area contributed by atoms with E-state index in [-0.39, 0.29) is 17.1 Å². The monoisotopic (exact) mass is 636 g/mol. The van der Waals surface area contributed by atoms with Crippen LogP contribution >= 0.6 is 49.9 Å². The molecule has 0 aliphatic heterocycles. The molecule has 33 heavy (non-hydrogen) atoms. The number of carbonyl (C=O) groups excluding carboxylic acids is 1. The van der Waals surface area contributed by atoms with Crippen molar-refractivity contribution in [3.8, 4) is 5.75 Å². The maximum Gasteiger partial charge on any atom is 0.259 e. The highest BCUT2D eigenvalue weighted by molar-refractivity contribution is 14.1. The summed E-state index contributed by atoms with van der Waals surface area (Å²) in [5, 5.41) is 14.2. The van der Waals surface area contributed by atoms with Gasteiger partial charge in [0.15, 0.2) is 0 Å². The van der Waals surface area contributed by atoms with Gasteiger partial charge in [-0.3, -0.25) is 4.79 Å². The Hall–Kier alpha value is -1.71. The second kappa shape index (κ2) is 9.88. The quantitative estimate of drug-likeness (QED) is 0.225. The summed E-state index contributed by atoms with van der Waals surface area (Å²) in [5.41, 5.74) is 3.37. The average molecular weight is 637 g/mol. The van der Waals surface area contributed by atoms with E-state index in [0.717, 1.165) is 38.6 Å². The minimum absolute atomic E-state index is 0.131. The van der Waals surface area contributed by atoms with Gasteiger partial charge in [0, 0.05) is 26.8 Å². The average Bonchev–Trinajstić information content (AvgIpc) is 3.13. The Labute approximate surface area is 220 Å². The molecule has 1 aromatic heterocycles. The first-order valence-electron chi connectivity index (χ1n) is 10.9. The first-order chi connectivity index (χ1) is 15.6. The molecule has 0 fully saturated rings. The number of benzene rings is 2. The number of hydrogen-bond acceptors (Lipinski definition) is 4. The molecular weight excluding hydrogens is 611 g/mol. The summed E-state index contributed by atoms with van der Waals surface area (Å²) in [6, 6.07) is 13.2. The predicted molar refractivity (Wildman–Crippen MR) is 149 cm³/mol. The number of amides is 1. The summed E-state index contributed by atoms with van der Waals surface area (Å²) in [6.07, 6.45) is 4.55. The van der Waals surface area contributed by atoms with E-state index in [1.807, 2.05) is 42.5 Å². The smallest absolute Gasteiger partial charge is 0.259 e. The third-order valence-electron chi connectivity index (χ3n) is 6.11. The van der Waals surface area contributed by atoms with Crippen molar-refractivity contribution < 1.29 is 9.90 Å². The molecule has 1 aliphatic carbocycles. The van der Waals surface area contributed by atoms with Crippen LogP contribution < -0.4 is 5.32 Å². The van der Waals surface area contributed by atoms with E-state index >= 15 is 0 Å². The lowest BCUT2D eigenvalue weighted by molar-refractivity contribution is 0.102. The summed E-state index contributed by atoms with van der Waals surface area (Å²) >= 11 is 7.18. The van der Waals surface area contributed by atoms with Gasteiger partial charge in [0.05, 0.1) is 9.13 Å². The highest BCUT2D eigenvalue weighted by Crippen LogP contribution is 2.45. The van der Waals surface area contributed by atoms with Crippen LogP contribution in [0.3, 0.4) is 0 Å². The van der Waals surface area contributed by atoms with E-state index in [9.17, 15) is 9.90 Å². The molecule has 7 heteroatoms.